The fraction of sp³-hybridized carbons (Fsp3) is 0.308. The van der Waals surface area contributed by atoms with Crippen molar-refractivity contribution in [3.05, 3.63) is 82.6 Å². The Bertz CT molecular complexity index is 1480. The molecule has 1 aliphatic carbocycles. The molecule has 0 unspecified atom stereocenters. The van der Waals surface area contributed by atoms with Crippen LogP contribution in [0.3, 0.4) is 0 Å². The van der Waals surface area contributed by atoms with E-state index < -0.39 is 0 Å². The number of aromatic nitrogens is 5. The van der Waals surface area contributed by atoms with Crippen molar-refractivity contribution in [2.45, 2.75) is 44.7 Å². The van der Waals surface area contributed by atoms with Crippen molar-refractivity contribution < 1.29 is 0 Å². The quantitative estimate of drug-likeness (QED) is 0.434. The smallest absolute Gasteiger partial charge is 0.278 e. The van der Waals surface area contributed by atoms with Crippen LogP contribution in [0.2, 0.25) is 0 Å². The predicted molar refractivity (Wildman–Crippen MR) is 133 cm³/mol. The first-order valence-corrected chi connectivity index (χ1v) is 11.7. The van der Waals surface area contributed by atoms with E-state index in [0.29, 0.717) is 23.5 Å². The largest absolute Gasteiger partial charge is 0.324 e. The number of hydrogen-bond acceptors (Lipinski definition) is 6. The average molecular weight is 454 g/mol. The van der Waals surface area contributed by atoms with Crippen molar-refractivity contribution in [1.29, 1.82) is 0 Å². The molecule has 1 aliphatic heterocycles. The molecule has 1 aromatic carbocycles. The molecule has 1 saturated carbocycles. The molecule has 2 aliphatic rings. The summed E-state index contributed by atoms with van der Waals surface area (Å²) in [5.41, 5.74) is 6.01. The number of nitrogens with one attached hydrogen (secondary N) is 2. The lowest BCUT2D eigenvalue weighted by Crippen LogP contribution is -2.23. The summed E-state index contributed by atoms with van der Waals surface area (Å²) in [6.45, 7) is 8.30. The van der Waals surface area contributed by atoms with Crippen molar-refractivity contribution >= 4 is 22.7 Å². The van der Waals surface area contributed by atoms with Gasteiger partial charge in [0.05, 0.1) is 12.2 Å². The minimum Gasteiger partial charge on any atom is -0.324 e. The van der Waals surface area contributed by atoms with E-state index in [1.807, 2.05) is 16.9 Å². The van der Waals surface area contributed by atoms with Gasteiger partial charge < -0.3 is 10.6 Å². The Hall–Kier alpha value is -3.78. The van der Waals surface area contributed by atoms with Gasteiger partial charge in [-0.3, -0.25) is 9.78 Å². The normalized spacial score (nSPS) is 16.3. The summed E-state index contributed by atoms with van der Waals surface area (Å²) >= 11 is 0. The van der Waals surface area contributed by atoms with Crippen LogP contribution in [0.4, 0.5) is 11.6 Å². The van der Waals surface area contributed by atoms with Gasteiger partial charge in [0.25, 0.3) is 5.56 Å². The lowest BCUT2D eigenvalue weighted by atomic mass is 10.0. The summed E-state index contributed by atoms with van der Waals surface area (Å²) in [5, 5.41) is 7.20. The third-order valence-electron chi connectivity index (χ3n) is 6.93. The molecular formula is C26H27N7O. The van der Waals surface area contributed by atoms with Crippen LogP contribution >= 0.6 is 0 Å². The molecule has 34 heavy (non-hydrogen) atoms. The zero-order chi connectivity index (χ0) is 23.3. The molecule has 0 spiro atoms. The number of pyridine rings is 1. The van der Waals surface area contributed by atoms with Gasteiger partial charge in [0.2, 0.25) is 5.95 Å². The molecule has 2 N–H and O–H groups in total. The number of benzene rings is 1. The van der Waals surface area contributed by atoms with Crippen molar-refractivity contribution in [1.82, 2.24) is 29.6 Å². The second kappa shape index (κ2) is 7.92. The molecule has 1 fully saturated rings. The predicted octanol–water partition coefficient (Wildman–Crippen LogP) is 3.60. The summed E-state index contributed by atoms with van der Waals surface area (Å²) in [6.07, 6.45) is 8.42. The second-order valence-electron chi connectivity index (χ2n) is 9.41. The Morgan fingerprint density at radius 2 is 2.09 bits per heavy atom. The van der Waals surface area contributed by atoms with Crippen molar-refractivity contribution in [2.75, 3.05) is 11.9 Å². The molecular weight excluding hydrogens is 426 g/mol. The van der Waals surface area contributed by atoms with E-state index in [0.717, 1.165) is 49.4 Å². The average Bonchev–Trinajstić information content (AvgIpc) is 3.56. The zero-order valence-corrected chi connectivity index (χ0v) is 19.2. The monoisotopic (exact) mass is 453 g/mol. The van der Waals surface area contributed by atoms with Gasteiger partial charge in [-0.25, -0.2) is 14.3 Å². The highest BCUT2D eigenvalue weighted by molar-refractivity contribution is 5.77. The van der Waals surface area contributed by atoms with E-state index in [-0.39, 0.29) is 11.0 Å². The van der Waals surface area contributed by atoms with Crippen molar-refractivity contribution in [3.63, 3.8) is 0 Å². The molecule has 0 saturated heterocycles. The van der Waals surface area contributed by atoms with E-state index in [1.54, 1.807) is 17.0 Å². The lowest BCUT2D eigenvalue weighted by molar-refractivity contribution is 0.603. The maximum atomic E-state index is 13.2. The summed E-state index contributed by atoms with van der Waals surface area (Å²) in [7, 11) is 0. The number of anilines is 2. The fourth-order valence-corrected chi connectivity index (χ4v) is 4.65. The molecule has 4 heterocycles. The highest BCUT2D eigenvalue weighted by Gasteiger charge is 2.40. The van der Waals surface area contributed by atoms with Gasteiger partial charge in [-0.05, 0) is 61.2 Å². The lowest BCUT2D eigenvalue weighted by Gasteiger charge is -2.18. The van der Waals surface area contributed by atoms with Gasteiger partial charge in [-0.1, -0.05) is 19.1 Å². The van der Waals surface area contributed by atoms with Crippen LogP contribution in [0.25, 0.3) is 16.7 Å². The van der Waals surface area contributed by atoms with Crippen molar-refractivity contribution in [2.24, 2.45) is 0 Å². The molecule has 0 atom stereocenters. The highest BCUT2D eigenvalue weighted by Crippen LogP contribution is 2.46. The molecule has 6 rings (SSSR count). The number of allylic oxidation sites excluding steroid dienone is 1. The second-order valence-corrected chi connectivity index (χ2v) is 9.41. The van der Waals surface area contributed by atoms with Crippen molar-refractivity contribution in [3.8, 4) is 5.69 Å². The summed E-state index contributed by atoms with van der Waals surface area (Å²) in [4.78, 5) is 27.0. The Morgan fingerprint density at radius 1 is 1.21 bits per heavy atom. The summed E-state index contributed by atoms with van der Waals surface area (Å²) < 4.78 is 3.51. The SMILES string of the molecule is C=CCn1c(=O)c2cnc(Nc3ccc4c(c3)CNCC4)nc2n1-c1ccnc(C2(C)CC2)c1. The zero-order valence-electron chi connectivity index (χ0n) is 19.2. The van der Waals surface area contributed by atoms with E-state index in [4.69, 9.17) is 4.98 Å². The first-order chi connectivity index (χ1) is 16.6. The third kappa shape index (κ3) is 3.51. The Kier molecular flexibility index (Phi) is 4.84. The van der Waals surface area contributed by atoms with Crippen LogP contribution in [-0.2, 0) is 24.9 Å². The van der Waals surface area contributed by atoms with Gasteiger partial charge >= 0.3 is 0 Å². The van der Waals surface area contributed by atoms with Crippen LogP contribution < -0.4 is 16.2 Å². The summed E-state index contributed by atoms with van der Waals surface area (Å²) in [5.74, 6) is 0.448. The van der Waals surface area contributed by atoms with Gasteiger partial charge in [-0.2, -0.15) is 4.98 Å². The van der Waals surface area contributed by atoms with Gasteiger partial charge in [0.15, 0.2) is 5.65 Å². The van der Waals surface area contributed by atoms with Gasteiger partial charge in [0, 0.05) is 35.7 Å². The number of rotatable bonds is 6. The van der Waals surface area contributed by atoms with Crippen LogP contribution in [0.5, 0.6) is 0 Å². The molecule has 4 aromatic rings. The maximum absolute atomic E-state index is 13.2. The summed E-state index contributed by atoms with van der Waals surface area (Å²) in [6, 6.07) is 10.3. The molecule has 8 heteroatoms. The molecule has 3 aromatic heterocycles. The van der Waals surface area contributed by atoms with Gasteiger partial charge in [-0.15, -0.1) is 6.58 Å². The molecule has 0 bridgehead atoms. The van der Waals surface area contributed by atoms with Crippen LogP contribution in [0.1, 0.15) is 36.6 Å². The van der Waals surface area contributed by atoms with Crippen LogP contribution in [0, 0.1) is 0 Å². The van der Waals surface area contributed by atoms with E-state index in [2.05, 4.69) is 58.4 Å². The molecule has 0 radical (unpaired) electrons. The standard InChI is InChI=1S/C26H27N7O/c1-3-12-32-24(34)21-16-29-25(30-19-5-4-17-6-10-27-15-18(17)13-19)31-23(21)33(32)20-7-11-28-22(14-20)26(2)8-9-26/h3-5,7,11,13-14,16,27H,1,6,8-10,12,15H2,2H3,(H,29,30,31). The molecule has 172 valence electrons. The number of fused-ring (bicyclic) bond motifs is 2. The first kappa shape index (κ1) is 20.8. The highest BCUT2D eigenvalue weighted by atomic mass is 16.1. The molecule has 8 nitrogen and oxygen atoms in total. The number of nitrogens with zero attached hydrogens (tertiary/aromatic N) is 5. The van der Waals surface area contributed by atoms with E-state index in [9.17, 15) is 4.79 Å². The first-order valence-electron chi connectivity index (χ1n) is 11.7. The third-order valence-corrected chi connectivity index (χ3v) is 6.93. The Labute approximate surface area is 197 Å². The van der Waals surface area contributed by atoms with Crippen LogP contribution in [-0.4, -0.2) is 30.9 Å². The maximum Gasteiger partial charge on any atom is 0.278 e. The molecule has 0 amide bonds. The van der Waals surface area contributed by atoms with Gasteiger partial charge in [0.1, 0.15) is 5.39 Å². The van der Waals surface area contributed by atoms with E-state index >= 15 is 0 Å². The minimum atomic E-state index is -0.141. The Morgan fingerprint density at radius 3 is 2.91 bits per heavy atom. The fourth-order valence-electron chi connectivity index (χ4n) is 4.65. The number of hydrogen-bond donors (Lipinski definition) is 2. The van der Waals surface area contributed by atoms with E-state index in [1.165, 1.54) is 11.1 Å². The topological polar surface area (TPSA) is 89.7 Å². The Balaban J connectivity index is 1.45. The van der Waals surface area contributed by atoms with Crippen LogP contribution in [0.15, 0.2) is 60.2 Å². The minimum absolute atomic E-state index is 0.117.